The van der Waals surface area contributed by atoms with Crippen LogP contribution in [0, 0.1) is 18.8 Å². The first kappa shape index (κ1) is 27.7. The van der Waals surface area contributed by atoms with E-state index in [1.54, 1.807) is 12.3 Å². The molecule has 3 saturated heterocycles. The first-order chi connectivity index (χ1) is 18.6. The Morgan fingerprint density at radius 3 is 2.44 bits per heavy atom. The zero-order valence-electron chi connectivity index (χ0n) is 21.9. The molecule has 0 aliphatic carbocycles. The van der Waals surface area contributed by atoms with Gasteiger partial charge in [-0.25, -0.2) is 4.98 Å². The molecule has 1 aromatic heterocycles. The molecule has 3 aliphatic rings. The Labute approximate surface area is 231 Å². The van der Waals surface area contributed by atoms with Crippen LogP contribution in [0.5, 0.6) is 0 Å². The van der Waals surface area contributed by atoms with E-state index in [1.165, 1.54) is 0 Å². The molecule has 1 N–H and O–H groups in total. The third-order valence-corrected chi connectivity index (χ3v) is 8.61. The number of halogens is 4. The van der Waals surface area contributed by atoms with Crippen LogP contribution in [0.2, 0.25) is 5.02 Å². The maximum atomic E-state index is 13.5. The number of fused-ring (bicyclic) bond motifs is 1. The first-order valence-electron chi connectivity index (χ1n) is 13.5. The van der Waals surface area contributed by atoms with Crippen LogP contribution in [-0.2, 0) is 4.79 Å². The van der Waals surface area contributed by atoms with Gasteiger partial charge in [0, 0.05) is 63.1 Å². The average molecular weight is 564 g/mol. The topological polar surface area (TPSA) is 68.8 Å². The van der Waals surface area contributed by atoms with Crippen molar-refractivity contribution in [3.8, 4) is 0 Å². The van der Waals surface area contributed by atoms with Crippen LogP contribution in [0.1, 0.15) is 46.8 Å². The van der Waals surface area contributed by atoms with Crippen LogP contribution in [0.4, 0.5) is 19.0 Å². The lowest BCUT2D eigenvalue weighted by molar-refractivity contribution is -0.173. The van der Waals surface area contributed by atoms with Gasteiger partial charge in [0.05, 0.1) is 5.56 Å². The summed E-state index contributed by atoms with van der Waals surface area (Å²) in [4.78, 5) is 35.8. The number of alkyl halides is 3. The second kappa shape index (κ2) is 11.3. The Hall–Kier alpha value is -2.85. The number of rotatable bonds is 7. The number of nitrogens with one attached hydrogen (secondary N) is 1. The Kier molecular flexibility index (Phi) is 8.05. The van der Waals surface area contributed by atoms with E-state index in [-0.39, 0.29) is 30.3 Å². The number of benzene rings is 1. The molecule has 2 aromatic rings. The van der Waals surface area contributed by atoms with Gasteiger partial charge in [-0.1, -0.05) is 23.7 Å². The fraction of sp³-hybridized carbons (Fsp3) is 0.536. The summed E-state index contributed by atoms with van der Waals surface area (Å²) in [7, 11) is 0. The highest BCUT2D eigenvalue weighted by molar-refractivity contribution is 6.31. The number of amides is 2. The molecular weight excluding hydrogens is 531 g/mol. The minimum absolute atomic E-state index is 0.00248. The van der Waals surface area contributed by atoms with Crippen molar-refractivity contribution in [2.24, 2.45) is 11.8 Å². The normalized spacial score (nSPS) is 22.3. The summed E-state index contributed by atoms with van der Waals surface area (Å²) < 4.78 is 38.1. The van der Waals surface area contributed by atoms with Gasteiger partial charge in [-0.2, -0.15) is 13.2 Å². The molecule has 39 heavy (non-hydrogen) atoms. The number of pyridine rings is 1. The lowest BCUT2D eigenvalue weighted by atomic mass is 10.0. The monoisotopic (exact) mass is 563 g/mol. The highest BCUT2D eigenvalue weighted by Gasteiger charge is 2.44. The second-order valence-corrected chi connectivity index (χ2v) is 11.2. The summed E-state index contributed by atoms with van der Waals surface area (Å²) in [6.07, 6.45) is -0.664. The minimum atomic E-state index is -4.91. The van der Waals surface area contributed by atoms with Crippen molar-refractivity contribution in [2.45, 2.75) is 38.4 Å². The molecule has 3 fully saturated rings. The predicted molar refractivity (Wildman–Crippen MR) is 143 cm³/mol. The van der Waals surface area contributed by atoms with Crippen molar-refractivity contribution in [1.82, 2.24) is 20.1 Å². The van der Waals surface area contributed by atoms with Gasteiger partial charge >= 0.3 is 12.1 Å². The number of nitrogens with zero attached hydrogens (tertiary/aromatic N) is 4. The van der Waals surface area contributed by atoms with E-state index >= 15 is 0 Å². The largest absolute Gasteiger partial charge is 0.471 e. The van der Waals surface area contributed by atoms with Crippen molar-refractivity contribution in [2.75, 3.05) is 50.7 Å². The molecule has 3 unspecified atom stereocenters. The Morgan fingerprint density at radius 1 is 1.10 bits per heavy atom. The number of likely N-dealkylation sites (tertiary alicyclic amines) is 2. The van der Waals surface area contributed by atoms with Crippen molar-refractivity contribution in [1.29, 1.82) is 0 Å². The van der Waals surface area contributed by atoms with Gasteiger partial charge in [-0.15, -0.1) is 0 Å². The number of anilines is 1. The zero-order chi connectivity index (χ0) is 27.7. The molecule has 5 rings (SSSR count). The number of carbonyl (C=O) groups is 2. The van der Waals surface area contributed by atoms with Gasteiger partial charge < -0.3 is 15.1 Å². The average Bonchev–Trinajstić information content (AvgIpc) is 3.65. The molecule has 0 spiro atoms. The van der Waals surface area contributed by atoms with Gasteiger partial charge in [0.25, 0.3) is 5.91 Å². The van der Waals surface area contributed by atoms with Crippen molar-refractivity contribution < 1.29 is 22.8 Å². The maximum Gasteiger partial charge on any atom is 0.471 e. The summed E-state index contributed by atoms with van der Waals surface area (Å²) in [5.41, 5.74) is 2.47. The maximum absolute atomic E-state index is 13.5. The summed E-state index contributed by atoms with van der Waals surface area (Å²) >= 11 is 6.39. The molecule has 2 amide bonds. The summed E-state index contributed by atoms with van der Waals surface area (Å²) in [5.74, 6) is -0.652. The van der Waals surface area contributed by atoms with E-state index in [4.69, 9.17) is 11.6 Å². The fourth-order valence-electron chi connectivity index (χ4n) is 6.16. The molecule has 7 nitrogen and oxygen atoms in total. The lowest BCUT2D eigenvalue weighted by Crippen LogP contribution is -2.39. The Bertz CT molecular complexity index is 1210. The number of aromatic nitrogens is 1. The van der Waals surface area contributed by atoms with E-state index in [0.717, 1.165) is 42.9 Å². The number of aryl methyl sites for hydroxylation is 1. The van der Waals surface area contributed by atoms with Crippen LogP contribution in [0.25, 0.3) is 0 Å². The Morgan fingerprint density at radius 2 is 1.79 bits per heavy atom. The second-order valence-electron chi connectivity index (χ2n) is 10.8. The predicted octanol–water partition coefficient (Wildman–Crippen LogP) is 4.46. The van der Waals surface area contributed by atoms with Crippen LogP contribution in [0.3, 0.4) is 0 Å². The van der Waals surface area contributed by atoms with E-state index in [9.17, 15) is 22.8 Å². The summed E-state index contributed by atoms with van der Waals surface area (Å²) in [5, 5.41) is 2.60. The number of hydrogen-bond donors (Lipinski definition) is 1. The smallest absolute Gasteiger partial charge is 0.356 e. The van der Waals surface area contributed by atoms with Gasteiger partial charge in [0.15, 0.2) is 0 Å². The zero-order valence-corrected chi connectivity index (χ0v) is 22.6. The molecule has 4 heterocycles. The summed E-state index contributed by atoms with van der Waals surface area (Å²) in [6, 6.07) is 9.17. The molecule has 3 atom stereocenters. The highest BCUT2D eigenvalue weighted by Crippen LogP contribution is 2.39. The van der Waals surface area contributed by atoms with Gasteiger partial charge in [0.2, 0.25) is 0 Å². The molecule has 210 valence electrons. The first-order valence-corrected chi connectivity index (χ1v) is 13.8. The number of hydrogen-bond acceptors (Lipinski definition) is 5. The van der Waals surface area contributed by atoms with Gasteiger partial charge in [-0.3, -0.25) is 14.5 Å². The van der Waals surface area contributed by atoms with Crippen molar-refractivity contribution in [3.05, 3.63) is 58.2 Å². The number of carbonyl (C=O) groups excluding carboxylic acids is 2. The van der Waals surface area contributed by atoms with E-state index in [1.807, 2.05) is 41.4 Å². The van der Waals surface area contributed by atoms with E-state index < -0.39 is 12.1 Å². The molecular formula is C28H33ClF3N5O2. The standard InChI is InChI=1S/C28H33ClF3N5O2/c1-18-6-7-19(13-23(18)29)24(8-10-34-27(39)28(30,31)32)36-14-20-16-37(17-21(20)15-36)26(38)22-5-4-9-33-25(22)35-11-2-3-12-35/h4-7,9,13,20-21,24H,2-3,8,10-12,14-17H2,1H3,(H,34,39). The highest BCUT2D eigenvalue weighted by atomic mass is 35.5. The third kappa shape index (κ3) is 6.01. The van der Waals surface area contributed by atoms with Crippen molar-refractivity contribution >= 4 is 29.2 Å². The van der Waals surface area contributed by atoms with E-state index in [0.29, 0.717) is 43.2 Å². The molecule has 3 aliphatic heterocycles. The van der Waals surface area contributed by atoms with Gasteiger partial charge in [0.1, 0.15) is 5.82 Å². The van der Waals surface area contributed by atoms with Crippen LogP contribution < -0.4 is 10.2 Å². The molecule has 11 heteroatoms. The SMILES string of the molecule is Cc1ccc(C(CCNC(=O)C(F)(F)F)N2CC3CN(C(=O)c4cccnc4N4CCCC4)CC3C2)cc1Cl. The quantitative estimate of drug-likeness (QED) is 0.539. The molecule has 0 radical (unpaired) electrons. The molecule has 0 bridgehead atoms. The third-order valence-electron chi connectivity index (χ3n) is 8.21. The fourth-order valence-corrected chi connectivity index (χ4v) is 6.35. The lowest BCUT2D eigenvalue weighted by Gasteiger charge is -2.31. The van der Waals surface area contributed by atoms with Crippen molar-refractivity contribution in [3.63, 3.8) is 0 Å². The van der Waals surface area contributed by atoms with Crippen LogP contribution in [-0.4, -0.2) is 78.6 Å². The Balaban J connectivity index is 1.26. The molecule has 0 saturated carbocycles. The summed E-state index contributed by atoms with van der Waals surface area (Å²) in [6.45, 7) is 6.28. The minimum Gasteiger partial charge on any atom is -0.356 e. The van der Waals surface area contributed by atoms with E-state index in [2.05, 4.69) is 14.8 Å². The van der Waals surface area contributed by atoms with Crippen LogP contribution >= 0.6 is 11.6 Å². The molecule has 1 aromatic carbocycles. The van der Waals surface area contributed by atoms with Gasteiger partial charge in [-0.05, 0) is 67.3 Å². The van der Waals surface area contributed by atoms with Crippen LogP contribution in [0.15, 0.2) is 36.5 Å².